The largest absolute Gasteiger partial charge is 0.406 e. The number of piperidine rings is 1. The van der Waals surface area contributed by atoms with Crippen molar-refractivity contribution in [3.8, 4) is 0 Å². The van der Waals surface area contributed by atoms with Crippen LogP contribution in [0.5, 0.6) is 0 Å². The van der Waals surface area contributed by atoms with Gasteiger partial charge in [-0.3, -0.25) is 24.2 Å². The number of amides is 2. The van der Waals surface area contributed by atoms with Crippen molar-refractivity contribution >= 4 is 45.5 Å². The lowest BCUT2D eigenvalue weighted by Crippen LogP contribution is -2.45. The average Bonchev–Trinajstić information content (AvgIpc) is 3.27. The maximum Gasteiger partial charge on any atom is 0.406 e. The molecule has 3 aromatic heterocycles. The van der Waals surface area contributed by atoms with Gasteiger partial charge in [-0.1, -0.05) is 11.6 Å². The molecule has 1 saturated carbocycles. The van der Waals surface area contributed by atoms with Gasteiger partial charge in [0.1, 0.15) is 6.54 Å². The van der Waals surface area contributed by atoms with E-state index in [1.807, 2.05) is 6.07 Å². The Balaban J connectivity index is 1.14. The Kier molecular flexibility index (Phi) is 5.76. The maximum atomic E-state index is 13.8. The number of imidazole rings is 1. The third kappa shape index (κ3) is 4.20. The molecule has 1 unspecified atom stereocenters. The molecule has 0 bridgehead atoms. The smallest absolute Gasteiger partial charge is 0.343 e. The summed E-state index contributed by atoms with van der Waals surface area (Å²) >= 11 is 6.47. The number of benzene rings is 1. The van der Waals surface area contributed by atoms with Crippen LogP contribution in [0.1, 0.15) is 48.8 Å². The van der Waals surface area contributed by atoms with Crippen LogP contribution in [0.4, 0.5) is 13.2 Å². The number of pyridine rings is 1. The van der Waals surface area contributed by atoms with Gasteiger partial charge in [0.2, 0.25) is 11.8 Å². The average molecular weight is 588 g/mol. The van der Waals surface area contributed by atoms with E-state index in [1.54, 1.807) is 27.8 Å². The number of alkyl halides is 3. The third-order valence-corrected chi connectivity index (χ3v) is 9.15. The normalized spacial score (nSPS) is 23.1. The van der Waals surface area contributed by atoms with Crippen LogP contribution in [0.3, 0.4) is 0 Å². The molecule has 3 aliphatic rings. The van der Waals surface area contributed by atoms with Gasteiger partial charge in [0.05, 0.1) is 27.7 Å². The van der Waals surface area contributed by atoms with E-state index in [4.69, 9.17) is 11.6 Å². The number of hydrogen-bond donors (Lipinski definition) is 2. The molecule has 1 aromatic carbocycles. The number of H-pyrrole nitrogens is 2. The Bertz CT molecular complexity index is 1770. The second-order valence-corrected chi connectivity index (χ2v) is 11.6. The highest BCUT2D eigenvalue weighted by Crippen LogP contribution is 2.65. The number of carbonyl (C=O) groups excluding carboxylic acids is 2. The van der Waals surface area contributed by atoms with Gasteiger partial charge in [-0.2, -0.15) is 18.3 Å². The van der Waals surface area contributed by atoms with E-state index in [9.17, 15) is 27.6 Å². The van der Waals surface area contributed by atoms with E-state index in [-0.39, 0.29) is 37.0 Å². The van der Waals surface area contributed by atoms with Crippen molar-refractivity contribution in [1.82, 2.24) is 34.5 Å². The zero-order chi connectivity index (χ0) is 28.7. The molecule has 2 atom stereocenters. The molecular weight excluding hydrogens is 563 g/mol. The minimum atomic E-state index is -4.60. The van der Waals surface area contributed by atoms with Crippen molar-refractivity contribution in [2.24, 2.45) is 5.41 Å². The molecule has 2 aliphatic heterocycles. The molecule has 10 nitrogen and oxygen atoms in total. The quantitative estimate of drug-likeness (QED) is 0.375. The van der Waals surface area contributed by atoms with Crippen LogP contribution >= 0.6 is 11.6 Å². The fourth-order valence-electron chi connectivity index (χ4n) is 6.85. The Morgan fingerprint density at radius 1 is 1.22 bits per heavy atom. The van der Waals surface area contributed by atoms with Crippen molar-refractivity contribution in [3.63, 3.8) is 0 Å². The van der Waals surface area contributed by atoms with Crippen LogP contribution in [0, 0.1) is 5.41 Å². The van der Waals surface area contributed by atoms with Crippen molar-refractivity contribution in [2.75, 3.05) is 19.6 Å². The minimum Gasteiger partial charge on any atom is -0.343 e. The zero-order valence-corrected chi connectivity index (χ0v) is 22.4. The summed E-state index contributed by atoms with van der Waals surface area (Å²) in [6.45, 7) is -0.924. The molecular formula is C27H25ClF3N7O3. The first kappa shape index (κ1) is 26.1. The summed E-state index contributed by atoms with van der Waals surface area (Å²) in [6, 6.07) is 5.13. The van der Waals surface area contributed by atoms with E-state index in [0.29, 0.717) is 64.1 Å². The van der Waals surface area contributed by atoms with Gasteiger partial charge in [0.25, 0.3) is 0 Å². The molecule has 0 radical (unpaired) electrons. The third-order valence-electron chi connectivity index (χ3n) is 8.86. The molecule has 214 valence electrons. The lowest BCUT2D eigenvalue weighted by atomic mass is 9.91. The lowest BCUT2D eigenvalue weighted by molar-refractivity contribution is -0.166. The number of aromatic nitrogens is 5. The number of aromatic amines is 2. The second kappa shape index (κ2) is 9.07. The number of carbonyl (C=O) groups is 2. The van der Waals surface area contributed by atoms with Crippen LogP contribution in [0.25, 0.3) is 22.1 Å². The molecule has 4 aromatic rings. The fraction of sp³-hybridized carbons (Fsp3) is 0.444. The van der Waals surface area contributed by atoms with Crippen LogP contribution in [0.2, 0.25) is 5.02 Å². The number of hydrogen-bond acceptors (Lipinski definition) is 5. The second-order valence-electron chi connectivity index (χ2n) is 11.2. The number of nitrogens with one attached hydrogen (secondary N) is 2. The number of likely N-dealkylation sites (tertiary alicyclic amines) is 1. The Morgan fingerprint density at radius 3 is 2.76 bits per heavy atom. The molecule has 41 heavy (non-hydrogen) atoms. The Morgan fingerprint density at radius 2 is 2.00 bits per heavy atom. The van der Waals surface area contributed by atoms with Crippen molar-refractivity contribution < 1.29 is 22.8 Å². The van der Waals surface area contributed by atoms with Crippen LogP contribution in [0.15, 0.2) is 35.4 Å². The van der Waals surface area contributed by atoms with Crippen LogP contribution in [-0.4, -0.2) is 72.2 Å². The summed E-state index contributed by atoms with van der Waals surface area (Å²) in [4.78, 5) is 49.4. The van der Waals surface area contributed by atoms with Crippen LogP contribution in [-0.2, 0) is 16.1 Å². The first-order chi connectivity index (χ1) is 19.6. The van der Waals surface area contributed by atoms with Gasteiger partial charge < -0.3 is 9.80 Å². The predicted octanol–water partition coefficient (Wildman–Crippen LogP) is 3.89. The molecule has 0 spiro atoms. The summed E-state index contributed by atoms with van der Waals surface area (Å²) in [6.07, 6.45) is -0.362. The number of nitrogens with zero attached hydrogens (tertiary/aromatic N) is 5. The SMILES string of the molecule is O=C(CC12C[C@@H]1c1cc(Cl)c3[nH]ncc3c1CN(CC(F)(F)F)C2=O)N1CCC(n2c(=O)[nH]c3ncccc32)CC1. The zero-order valence-electron chi connectivity index (χ0n) is 21.7. The molecule has 1 saturated heterocycles. The van der Waals surface area contributed by atoms with Crippen molar-refractivity contribution in [1.29, 1.82) is 0 Å². The molecule has 5 heterocycles. The number of halogens is 4. The molecule has 2 amide bonds. The van der Waals surface area contributed by atoms with Gasteiger partial charge in [-0.05, 0) is 48.6 Å². The first-order valence-corrected chi connectivity index (χ1v) is 13.8. The van der Waals surface area contributed by atoms with Gasteiger partial charge in [-0.25, -0.2) is 9.78 Å². The Hall–Kier alpha value is -3.87. The number of fused-ring (bicyclic) bond motifs is 6. The van der Waals surface area contributed by atoms with E-state index in [2.05, 4.69) is 20.2 Å². The fourth-order valence-corrected chi connectivity index (χ4v) is 7.12. The Labute approximate surface area is 235 Å². The summed E-state index contributed by atoms with van der Waals surface area (Å²) in [7, 11) is 0. The monoisotopic (exact) mass is 587 g/mol. The molecule has 2 fully saturated rings. The molecule has 1 aliphatic carbocycles. The predicted molar refractivity (Wildman–Crippen MR) is 142 cm³/mol. The van der Waals surface area contributed by atoms with E-state index in [0.717, 1.165) is 4.90 Å². The van der Waals surface area contributed by atoms with E-state index in [1.165, 1.54) is 6.20 Å². The summed E-state index contributed by atoms with van der Waals surface area (Å²) in [5, 5.41) is 7.73. The lowest BCUT2D eigenvalue weighted by Gasteiger charge is -2.34. The summed E-state index contributed by atoms with van der Waals surface area (Å²) in [5.74, 6) is -1.36. The van der Waals surface area contributed by atoms with Crippen molar-refractivity contribution in [2.45, 2.75) is 50.4 Å². The van der Waals surface area contributed by atoms with Crippen LogP contribution < -0.4 is 5.69 Å². The highest BCUT2D eigenvalue weighted by atomic mass is 35.5. The van der Waals surface area contributed by atoms with E-state index >= 15 is 0 Å². The standard InChI is InChI=1S/C27H25ClF3N7O3/c28-19-8-15-17(16-11-33-35-22(16)19)12-37(13-27(29,30)31)24(40)26(9-18(15)26)10-21(39)36-6-3-14(4-7-36)38-20-2-1-5-32-23(20)34-25(38)41/h1-2,5,8,11,14,18H,3-4,6-7,9-10,12-13H2,(H,33,35)(H,32,34,41)/t18-,26?/m1/s1. The topological polar surface area (TPSA) is 120 Å². The first-order valence-electron chi connectivity index (χ1n) is 13.4. The summed E-state index contributed by atoms with van der Waals surface area (Å²) < 4.78 is 42.5. The molecule has 14 heteroatoms. The molecule has 7 rings (SSSR count). The number of rotatable bonds is 4. The van der Waals surface area contributed by atoms with Crippen molar-refractivity contribution in [3.05, 3.63) is 57.2 Å². The maximum absolute atomic E-state index is 13.8. The van der Waals surface area contributed by atoms with Gasteiger partial charge in [0, 0.05) is 49.6 Å². The highest BCUT2D eigenvalue weighted by molar-refractivity contribution is 6.35. The summed E-state index contributed by atoms with van der Waals surface area (Å²) in [5.41, 5.74) is 1.44. The minimum absolute atomic E-state index is 0.135. The van der Waals surface area contributed by atoms with Gasteiger partial charge in [-0.15, -0.1) is 0 Å². The van der Waals surface area contributed by atoms with Gasteiger partial charge >= 0.3 is 11.9 Å². The molecule has 2 N–H and O–H groups in total. The van der Waals surface area contributed by atoms with Gasteiger partial charge in [0.15, 0.2) is 5.65 Å². The van der Waals surface area contributed by atoms with E-state index < -0.39 is 30.0 Å². The highest BCUT2D eigenvalue weighted by Gasteiger charge is 2.65.